The van der Waals surface area contributed by atoms with Gasteiger partial charge in [-0.05, 0) is 36.6 Å². The first kappa shape index (κ1) is 20.1. The highest BCUT2D eigenvalue weighted by Gasteiger charge is 2.12. The Bertz CT molecular complexity index is 1040. The summed E-state index contributed by atoms with van der Waals surface area (Å²) in [6.45, 7) is 2.90. The zero-order valence-electron chi connectivity index (χ0n) is 15.7. The number of halogens is 1. The summed E-state index contributed by atoms with van der Waals surface area (Å²) in [7, 11) is 0. The number of hydrogen-bond acceptors (Lipinski definition) is 4. The molecule has 2 aromatic carbocycles. The molecule has 0 radical (unpaired) electrons. The van der Waals surface area contributed by atoms with Crippen LogP contribution in [0.3, 0.4) is 0 Å². The van der Waals surface area contributed by atoms with Crippen LogP contribution in [0.1, 0.15) is 18.9 Å². The van der Waals surface area contributed by atoms with Gasteiger partial charge >= 0.3 is 0 Å². The van der Waals surface area contributed by atoms with Crippen LogP contribution >= 0.6 is 11.8 Å². The van der Waals surface area contributed by atoms with Gasteiger partial charge < -0.3 is 5.32 Å². The molecule has 5 nitrogen and oxygen atoms in total. The zero-order valence-corrected chi connectivity index (χ0v) is 16.5. The van der Waals surface area contributed by atoms with Crippen LogP contribution in [0.15, 0.2) is 58.5 Å². The first-order valence-corrected chi connectivity index (χ1v) is 10.2. The number of thioether (sulfide) groups is 1. The van der Waals surface area contributed by atoms with E-state index in [1.807, 2.05) is 19.1 Å². The summed E-state index contributed by atoms with van der Waals surface area (Å²) in [4.78, 5) is 29.4. The number of rotatable bonds is 8. The van der Waals surface area contributed by atoms with Gasteiger partial charge in [-0.15, -0.1) is 0 Å². The number of carbonyl (C=O) groups excluding carboxylic acids is 1. The molecule has 3 rings (SSSR count). The highest BCUT2D eigenvalue weighted by Crippen LogP contribution is 2.18. The summed E-state index contributed by atoms with van der Waals surface area (Å²) in [5.41, 5.74) is 1.11. The van der Waals surface area contributed by atoms with Gasteiger partial charge in [0.25, 0.3) is 5.56 Å². The predicted molar refractivity (Wildman–Crippen MR) is 110 cm³/mol. The third-order valence-electron chi connectivity index (χ3n) is 4.28. The van der Waals surface area contributed by atoms with Crippen LogP contribution < -0.4 is 10.9 Å². The van der Waals surface area contributed by atoms with E-state index in [1.54, 1.807) is 34.9 Å². The number of fused-ring (bicyclic) bond motifs is 1. The average Bonchev–Trinajstić information content (AvgIpc) is 2.70. The highest BCUT2D eigenvalue weighted by atomic mass is 32.2. The first-order chi connectivity index (χ1) is 13.6. The molecule has 7 heteroatoms. The van der Waals surface area contributed by atoms with Crippen molar-refractivity contribution in [2.24, 2.45) is 0 Å². The summed E-state index contributed by atoms with van der Waals surface area (Å²) >= 11 is 1.24. The van der Waals surface area contributed by atoms with Gasteiger partial charge in [0, 0.05) is 13.1 Å². The summed E-state index contributed by atoms with van der Waals surface area (Å²) < 4.78 is 15.2. The van der Waals surface area contributed by atoms with Crippen molar-refractivity contribution in [3.8, 4) is 0 Å². The van der Waals surface area contributed by atoms with Gasteiger partial charge in [-0.25, -0.2) is 9.37 Å². The molecule has 0 spiro atoms. The molecule has 0 saturated heterocycles. The van der Waals surface area contributed by atoms with Crippen molar-refractivity contribution in [1.29, 1.82) is 0 Å². The van der Waals surface area contributed by atoms with Gasteiger partial charge in [0.05, 0.1) is 16.7 Å². The van der Waals surface area contributed by atoms with Gasteiger partial charge in [-0.3, -0.25) is 14.2 Å². The van der Waals surface area contributed by atoms with Gasteiger partial charge in [0.1, 0.15) is 5.82 Å². The third-order valence-corrected chi connectivity index (χ3v) is 5.26. The van der Waals surface area contributed by atoms with E-state index in [1.165, 1.54) is 17.8 Å². The van der Waals surface area contributed by atoms with Crippen LogP contribution in [0.25, 0.3) is 10.9 Å². The number of hydrogen-bond donors (Lipinski definition) is 1. The molecule has 0 aliphatic rings. The number of amides is 1. The molecule has 1 heterocycles. The average molecular weight is 399 g/mol. The minimum Gasteiger partial charge on any atom is -0.355 e. The third kappa shape index (κ3) is 4.78. The molecule has 1 amide bonds. The lowest BCUT2D eigenvalue weighted by molar-refractivity contribution is -0.118. The molecule has 3 aromatic rings. The molecule has 0 fully saturated rings. The van der Waals surface area contributed by atoms with Gasteiger partial charge in [0.15, 0.2) is 5.16 Å². The Balaban J connectivity index is 1.64. The zero-order chi connectivity index (χ0) is 19.9. The Hall–Kier alpha value is -2.67. The monoisotopic (exact) mass is 399 g/mol. The summed E-state index contributed by atoms with van der Waals surface area (Å²) in [5.74, 6) is -0.298. The van der Waals surface area contributed by atoms with Gasteiger partial charge in [-0.2, -0.15) is 0 Å². The standard InChI is InChI=1S/C21H22FN3O2S/c1-2-13-25-20(27)16-8-4-6-10-18(16)24-21(25)28-14-19(26)23-12-11-15-7-3-5-9-17(15)22/h3-10H,2,11-14H2,1H3,(H,23,26). The van der Waals surface area contributed by atoms with Crippen molar-refractivity contribution in [2.45, 2.75) is 31.5 Å². The maximum Gasteiger partial charge on any atom is 0.262 e. The normalized spacial score (nSPS) is 10.9. The number of carbonyl (C=O) groups is 1. The van der Waals surface area contributed by atoms with E-state index in [4.69, 9.17) is 0 Å². The molecule has 1 N–H and O–H groups in total. The molecule has 0 bridgehead atoms. The van der Waals surface area contributed by atoms with Crippen molar-refractivity contribution in [1.82, 2.24) is 14.9 Å². The van der Waals surface area contributed by atoms with Crippen LogP contribution in [0.4, 0.5) is 4.39 Å². The second-order valence-corrected chi connectivity index (χ2v) is 7.29. The van der Waals surface area contributed by atoms with Crippen molar-refractivity contribution < 1.29 is 9.18 Å². The maximum absolute atomic E-state index is 13.6. The van der Waals surface area contributed by atoms with Crippen molar-refractivity contribution in [2.75, 3.05) is 12.3 Å². The fourth-order valence-corrected chi connectivity index (χ4v) is 3.75. The van der Waals surface area contributed by atoms with Crippen LogP contribution in [0.5, 0.6) is 0 Å². The second kappa shape index (κ2) is 9.50. The second-order valence-electron chi connectivity index (χ2n) is 6.35. The predicted octanol–water partition coefficient (Wildman–Crippen LogP) is 3.40. The lowest BCUT2D eigenvalue weighted by Gasteiger charge is -2.12. The molecule has 0 saturated carbocycles. The Morgan fingerprint density at radius 3 is 2.71 bits per heavy atom. The molecular formula is C21H22FN3O2S. The lowest BCUT2D eigenvalue weighted by Crippen LogP contribution is -2.28. The number of benzene rings is 2. The first-order valence-electron chi connectivity index (χ1n) is 9.22. The van der Waals surface area contributed by atoms with Crippen LogP contribution in [0.2, 0.25) is 0 Å². The van der Waals surface area contributed by atoms with E-state index in [0.717, 1.165) is 6.42 Å². The Morgan fingerprint density at radius 2 is 1.93 bits per heavy atom. The molecule has 28 heavy (non-hydrogen) atoms. The van der Waals surface area contributed by atoms with Crippen LogP contribution in [-0.4, -0.2) is 27.8 Å². The minimum atomic E-state index is -0.268. The van der Waals surface area contributed by atoms with Crippen LogP contribution in [-0.2, 0) is 17.8 Å². The molecule has 0 aliphatic carbocycles. The van der Waals surface area contributed by atoms with Crippen molar-refractivity contribution in [3.63, 3.8) is 0 Å². The van der Waals surface area contributed by atoms with E-state index in [0.29, 0.717) is 41.1 Å². The van der Waals surface area contributed by atoms with E-state index in [9.17, 15) is 14.0 Å². The van der Waals surface area contributed by atoms with Gasteiger partial charge in [0.2, 0.25) is 5.91 Å². The number of para-hydroxylation sites is 1. The lowest BCUT2D eigenvalue weighted by atomic mass is 10.1. The van der Waals surface area contributed by atoms with Crippen LogP contribution in [0, 0.1) is 5.82 Å². The Kier molecular flexibility index (Phi) is 6.81. The molecule has 0 aliphatic heterocycles. The van der Waals surface area contributed by atoms with Gasteiger partial charge in [-0.1, -0.05) is 49.0 Å². The van der Waals surface area contributed by atoms with E-state index < -0.39 is 0 Å². The summed E-state index contributed by atoms with van der Waals surface area (Å²) in [6.07, 6.45) is 1.22. The maximum atomic E-state index is 13.6. The molecule has 1 aromatic heterocycles. The fraction of sp³-hybridized carbons (Fsp3) is 0.286. The Morgan fingerprint density at radius 1 is 1.18 bits per heavy atom. The molecule has 0 atom stereocenters. The molecular weight excluding hydrogens is 377 g/mol. The molecule has 146 valence electrons. The quantitative estimate of drug-likeness (QED) is 0.466. The minimum absolute atomic E-state index is 0.0880. The highest BCUT2D eigenvalue weighted by molar-refractivity contribution is 7.99. The summed E-state index contributed by atoms with van der Waals surface area (Å²) in [5, 5.41) is 3.91. The fourth-order valence-electron chi connectivity index (χ4n) is 2.90. The summed E-state index contributed by atoms with van der Waals surface area (Å²) in [6, 6.07) is 13.7. The topological polar surface area (TPSA) is 64.0 Å². The molecule has 0 unspecified atom stereocenters. The Labute approximate surface area is 167 Å². The SMILES string of the molecule is CCCn1c(SCC(=O)NCCc2ccccc2F)nc2ccccc2c1=O. The van der Waals surface area contributed by atoms with E-state index >= 15 is 0 Å². The van der Waals surface area contributed by atoms with Crippen molar-refractivity contribution >= 4 is 28.6 Å². The number of nitrogens with one attached hydrogen (secondary N) is 1. The number of nitrogens with zero attached hydrogens (tertiary/aromatic N) is 2. The largest absolute Gasteiger partial charge is 0.355 e. The van der Waals surface area contributed by atoms with E-state index in [2.05, 4.69) is 10.3 Å². The van der Waals surface area contributed by atoms with E-state index in [-0.39, 0.29) is 23.0 Å². The number of aromatic nitrogens is 2. The smallest absolute Gasteiger partial charge is 0.262 e. The van der Waals surface area contributed by atoms with Crippen molar-refractivity contribution in [3.05, 3.63) is 70.3 Å².